The van der Waals surface area contributed by atoms with Gasteiger partial charge in [-0.15, -0.1) is 0 Å². The van der Waals surface area contributed by atoms with E-state index in [-0.39, 0.29) is 5.41 Å². The van der Waals surface area contributed by atoms with Crippen LogP contribution in [-0.2, 0) is 0 Å². The monoisotopic (exact) mass is 164 g/mol. The van der Waals surface area contributed by atoms with Crippen LogP contribution in [0, 0.1) is 5.41 Å². The van der Waals surface area contributed by atoms with Gasteiger partial charge in [0.15, 0.2) is 0 Å². The van der Waals surface area contributed by atoms with Gasteiger partial charge in [0.25, 0.3) is 0 Å². The van der Waals surface area contributed by atoms with Crippen molar-refractivity contribution in [2.45, 2.75) is 34.6 Å². The maximum atomic E-state index is 3.70. The SMILES string of the molecule is C=C/C=C(C)\C(=C/C)C(C)(C)C. The number of hydrogen-bond donors (Lipinski definition) is 0. The fourth-order valence-electron chi connectivity index (χ4n) is 1.52. The predicted octanol–water partition coefficient (Wildman–Crippen LogP) is 4.11. The zero-order chi connectivity index (χ0) is 9.78. The van der Waals surface area contributed by atoms with Gasteiger partial charge in [0.1, 0.15) is 0 Å². The summed E-state index contributed by atoms with van der Waals surface area (Å²) in [6.45, 7) is 14.6. The van der Waals surface area contributed by atoms with Gasteiger partial charge in [0.2, 0.25) is 0 Å². The van der Waals surface area contributed by atoms with Gasteiger partial charge < -0.3 is 0 Å². The van der Waals surface area contributed by atoms with Gasteiger partial charge in [-0.2, -0.15) is 0 Å². The molecule has 0 spiro atoms. The number of hydrogen-bond acceptors (Lipinski definition) is 0. The highest BCUT2D eigenvalue weighted by Gasteiger charge is 2.16. The van der Waals surface area contributed by atoms with Crippen molar-refractivity contribution in [3.63, 3.8) is 0 Å². The van der Waals surface area contributed by atoms with E-state index in [0.29, 0.717) is 0 Å². The Kier molecular flexibility index (Phi) is 4.02. The second kappa shape index (κ2) is 4.30. The Bertz CT molecular complexity index is 209. The van der Waals surface area contributed by atoms with Crippen LogP contribution in [0.15, 0.2) is 36.0 Å². The van der Waals surface area contributed by atoms with Crippen molar-refractivity contribution in [3.8, 4) is 0 Å². The van der Waals surface area contributed by atoms with Crippen molar-refractivity contribution in [2.75, 3.05) is 0 Å². The van der Waals surface area contributed by atoms with Gasteiger partial charge in [-0.1, -0.05) is 45.6 Å². The first kappa shape index (κ1) is 11.2. The summed E-state index contributed by atoms with van der Waals surface area (Å²) >= 11 is 0. The molecule has 0 fully saturated rings. The maximum Gasteiger partial charge on any atom is -0.0132 e. The maximum absolute atomic E-state index is 3.70. The summed E-state index contributed by atoms with van der Waals surface area (Å²) in [4.78, 5) is 0. The zero-order valence-electron chi connectivity index (χ0n) is 8.94. The zero-order valence-corrected chi connectivity index (χ0v) is 8.94. The van der Waals surface area contributed by atoms with Crippen LogP contribution < -0.4 is 0 Å². The largest absolute Gasteiger partial charge is 0.0991 e. The fourth-order valence-corrected chi connectivity index (χ4v) is 1.52. The lowest BCUT2D eigenvalue weighted by Gasteiger charge is -2.23. The molecule has 0 unspecified atom stereocenters. The Hall–Kier alpha value is -0.780. The van der Waals surface area contributed by atoms with Crippen LogP contribution in [0.3, 0.4) is 0 Å². The normalized spacial score (nSPS) is 14.8. The first-order valence-corrected chi connectivity index (χ1v) is 4.40. The molecule has 0 aliphatic heterocycles. The molecule has 0 aliphatic carbocycles. The molecular formula is C12H20. The summed E-state index contributed by atoms with van der Waals surface area (Å²) in [6, 6.07) is 0. The van der Waals surface area contributed by atoms with Crippen molar-refractivity contribution in [1.29, 1.82) is 0 Å². The summed E-state index contributed by atoms with van der Waals surface area (Å²) in [6.07, 6.45) is 6.07. The van der Waals surface area contributed by atoms with E-state index >= 15 is 0 Å². The molecule has 0 saturated heterocycles. The first-order chi connectivity index (χ1) is 5.43. The molecule has 0 aromatic heterocycles. The number of rotatable bonds is 2. The lowest BCUT2D eigenvalue weighted by Crippen LogP contribution is -2.10. The van der Waals surface area contributed by atoms with E-state index < -0.39 is 0 Å². The van der Waals surface area contributed by atoms with Gasteiger partial charge >= 0.3 is 0 Å². The summed E-state index contributed by atoms with van der Waals surface area (Å²) in [5.74, 6) is 0. The molecule has 0 saturated carbocycles. The lowest BCUT2D eigenvalue weighted by atomic mass is 9.82. The molecule has 0 heterocycles. The predicted molar refractivity (Wildman–Crippen MR) is 57.2 cm³/mol. The molecule has 0 aromatic rings. The molecule has 12 heavy (non-hydrogen) atoms. The Morgan fingerprint density at radius 3 is 2.00 bits per heavy atom. The lowest BCUT2D eigenvalue weighted by molar-refractivity contribution is 0.509. The molecular weight excluding hydrogens is 144 g/mol. The van der Waals surface area contributed by atoms with Crippen molar-refractivity contribution in [3.05, 3.63) is 36.0 Å². The van der Waals surface area contributed by atoms with E-state index in [1.807, 2.05) is 6.08 Å². The van der Waals surface area contributed by atoms with Crippen LogP contribution in [0.1, 0.15) is 34.6 Å². The van der Waals surface area contributed by atoms with Gasteiger partial charge in [-0.25, -0.2) is 0 Å². The fraction of sp³-hybridized carbons (Fsp3) is 0.500. The third-order valence-corrected chi connectivity index (χ3v) is 1.89. The molecule has 0 atom stereocenters. The summed E-state index contributed by atoms with van der Waals surface area (Å²) < 4.78 is 0. The minimum absolute atomic E-state index is 0.234. The third kappa shape index (κ3) is 3.08. The topological polar surface area (TPSA) is 0 Å². The molecule has 0 rings (SSSR count). The molecule has 0 bridgehead atoms. The van der Waals surface area contributed by atoms with Crippen molar-refractivity contribution in [2.24, 2.45) is 5.41 Å². The van der Waals surface area contributed by atoms with Gasteiger partial charge in [0, 0.05) is 0 Å². The minimum atomic E-state index is 0.234. The van der Waals surface area contributed by atoms with Gasteiger partial charge in [-0.3, -0.25) is 0 Å². The Labute approximate surface area is 76.7 Å². The highest BCUT2D eigenvalue weighted by molar-refractivity contribution is 5.35. The average Bonchev–Trinajstić information content (AvgIpc) is 1.85. The molecule has 0 nitrogen and oxygen atoms in total. The highest BCUT2D eigenvalue weighted by Crippen LogP contribution is 2.30. The van der Waals surface area contributed by atoms with Crippen LogP contribution in [-0.4, -0.2) is 0 Å². The summed E-state index contributed by atoms with van der Waals surface area (Å²) in [5.41, 5.74) is 2.93. The molecule has 68 valence electrons. The summed E-state index contributed by atoms with van der Waals surface area (Å²) in [5, 5.41) is 0. The van der Waals surface area contributed by atoms with E-state index in [1.54, 1.807) is 0 Å². The molecule has 0 aromatic carbocycles. The van der Waals surface area contributed by atoms with Crippen LogP contribution in [0.4, 0.5) is 0 Å². The molecule has 0 amide bonds. The van der Waals surface area contributed by atoms with E-state index in [1.165, 1.54) is 11.1 Å². The van der Waals surface area contributed by atoms with Crippen LogP contribution in [0.5, 0.6) is 0 Å². The second-order valence-corrected chi connectivity index (χ2v) is 4.04. The minimum Gasteiger partial charge on any atom is -0.0991 e. The van der Waals surface area contributed by atoms with E-state index in [2.05, 4.69) is 53.3 Å². The average molecular weight is 164 g/mol. The smallest absolute Gasteiger partial charge is 0.0132 e. The van der Waals surface area contributed by atoms with Crippen molar-refractivity contribution < 1.29 is 0 Å². The Balaban J connectivity index is 4.84. The molecule has 0 radical (unpaired) electrons. The Morgan fingerprint density at radius 2 is 1.75 bits per heavy atom. The van der Waals surface area contributed by atoms with E-state index in [4.69, 9.17) is 0 Å². The quantitative estimate of drug-likeness (QED) is 0.539. The molecule has 0 heteroatoms. The molecule has 0 N–H and O–H groups in total. The van der Waals surface area contributed by atoms with Crippen molar-refractivity contribution in [1.82, 2.24) is 0 Å². The van der Waals surface area contributed by atoms with E-state index in [9.17, 15) is 0 Å². The van der Waals surface area contributed by atoms with E-state index in [0.717, 1.165) is 0 Å². The van der Waals surface area contributed by atoms with Crippen molar-refractivity contribution >= 4 is 0 Å². The van der Waals surface area contributed by atoms with Crippen LogP contribution in [0.2, 0.25) is 0 Å². The van der Waals surface area contributed by atoms with Crippen LogP contribution in [0.25, 0.3) is 0 Å². The van der Waals surface area contributed by atoms with Gasteiger partial charge in [-0.05, 0) is 30.4 Å². The third-order valence-electron chi connectivity index (χ3n) is 1.89. The van der Waals surface area contributed by atoms with Crippen LogP contribution >= 0.6 is 0 Å². The number of allylic oxidation sites excluding steroid dienone is 5. The second-order valence-electron chi connectivity index (χ2n) is 4.04. The standard InChI is InChI=1S/C12H20/c1-7-9-10(3)11(8-2)12(4,5)6/h7-9H,1H2,2-6H3/b10-9-,11-8+. The summed E-state index contributed by atoms with van der Waals surface area (Å²) in [7, 11) is 0. The first-order valence-electron chi connectivity index (χ1n) is 4.40. The highest BCUT2D eigenvalue weighted by atomic mass is 14.2. The van der Waals surface area contributed by atoms with Gasteiger partial charge in [0.05, 0.1) is 0 Å². The Morgan fingerprint density at radius 1 is 1.25 bits per heavy atom. The molecule has 0 aliphatic rings.